The van der Waals surface area contributed by atoms with Crippen LogP contribution in [0.2, 0.25) is 0 Å². The molecule has 1 aliphatic heterocycles. The van der Waals surface area contributed by atoms with E-state index in [0.29, 0.717) is 5.54 Å². The lowest BCUT2D eigenvalue weighted by molar-refractivity contribution is 0.0567. The van der Waals surface area contributed by atoms with Crippen LogP contribution in [0.15, 0.2) is 12.3 Å². The van der Waals surface area contributed by atoms with E-state index >= 15 is 0 Å². The molecule has 1 N–H and O–H groups in total. The highest BCUT2D eigenvalue weighted by Gasteiger charge is 2.48. The van der Waals surface area contributed by atoms with Crippen LogP contribution in [0.5, 0.6) is 0 Å². The smallest absolute Gasteiger partial charge is 0.0764 e. The SMILES string of the molecule is Cn1ccc(CN2CC(C)(C3CC3)NCC2C2CC2)n1. The van der Waals surface area contributed by atoms with Gasteiger partial charge in [0.1, 0.15) is 0 Å². The quantitative estimate of drug-likeness (QED) is 0.908. The molecule has 0 radical (unpaired) electrons. The van der Waals surface area contributed by atoms with E-state index in [1.165, 1.54) is 44.5 Å². The Hall–Kier alpha value is -0.870. The molecule has 3 aliphatic rings. The molecule has 2 saturated carbocycles. The summed E-state index contributed by atoms with van der Waals surface area (Å²) < 4.78 is 1.92. The molecule has 1 aromatic rings. The van der Waals surface area contributed by atoms with Gasteiger partial charge in [-0.3, -0.25) is 9.58 Å². The fraction of sp³-hybridized carbons (Fsp3) is 0.812. The second-order valence-electron chi connectivity index (χ2n) is 7.36. The zero-order valence-corrected chi connectivity index (χ0v) is 12.7. The molecule has 20 heavy (non-hydrogen) atoms. The first kappa shape index (κ1) is 12.8. The van der Waals surface area contributed by atoms with Crippen molar-refractivity contribution in [2.75, 3.05) is 13.1 Å². The fourth-order valence-corrected chi connectivity index (χ4v) is 3.93. The first-order chi connectivity index (χ1) is 9.64. The van der Waals surface area contributed by atoms with E-state index in [0.717, 1.165) is 24.4 Å². The monoisotopic (exact) mass is 274 g/mol. The molecule has 2 aliphatic carbocycles. The van der Waals surface area contributed by atoms with E-state index in [-0.39, 0.29) is 0 Å². The predicted octanol–water partition coefficient (Wildman–Crippen LogP) is 1.77. The third kappa shape index (κ3) is 2.40. The van der Waals surface area contributed by atoms with Crippen molar-refractivity contribution in [2.45, 2.75) is 50.7 Å². The number of hydrogen-bond donors (Lipinski definition) is 1. The summed E-state index contributed by atoms with van der Waals surface area (Å²) >= 11 is 0. The number of nitrogens with zero attached hydrogens (tertiary/aromatic N) is 3. The highest BCUT2D eigenvalue weighted by molar-refractivity contribution is 5.08. The Balaban J connectivity index is 1.51. The first-order valence-corrected chi connectivity index (χ1v) is 8.12. The van der Waals surface area contributed by atoms with Gasteiger partial charge in [0.15, 0.2) is 0 Å². The van der Waals surface area contributed by atoms with Gasteiger partial charge >= 0.3 is 0 Å². The van der Waals surface area contributed by atoms with Gasteiger partial charge in [-0.1, -0.05) is 0 Å². The van der Waals surface area contributed by atoms with Crippen LogP contribution < -0.4 is 5.32 Å². The lowest BCUT2D eigenvalue weighted by Gasteiger charge is -2.47. The highest BCUT2D eigenvalue weighted by atomic mass is 15.3. The molecular formula is C16H26N4. The van der Waals surface area contributed by atoms with Gasteiger partial charge in [-0.2, -0.15) is 5.10 Å². The van der Waals surface area contributed by atoms with E-state index in [4.69, 9.17) is 0 Å². The van der Waals surface area contributed by atoms with Crippen LogP contribution >= 0.6 is 0 Å². The lowest BCUT2D eigenvalue weighted by Crippen LogP contribution is -2.64. The van der Waals surface area contributed by atoms with Crippen molar-refractivity contribution < 1.29 is 0 Å². The molecular weight excluding hydrogens is 248 g/mol. The Morgan fingerprint density at radius 2 is 2.15 bits per heavy atom. The molecule has 2 unspecified atom stereocenters. The number of aromatic nitrogens is 2. The summed E-state index contributed by atoms with van der Waals surface area (Å²) in [5, 5.41) is 8.46. The lowest BCUT2D eigenvalue weighted by atomic mass is 9.89. The van der Waals surface area contributed by atoms with Crippen LogP contribution in [0.1, 0.15) is 38.3 Å². The molecule has 0 aromatic carbocycles. The second kappa shape index (κ2) is 4.57. The summed E-state index contributed by atoms with van der Waals surface area (Å²) in [6.45, 7) is 5.81. The number of hydrogen-bond acceptors (Lipinski definition) is 3. The van der Waals surface area contributed by atoms with Gasteiger partial charge in [-0.25, -0.2) is 0 Å². The Kier molecular flexibility index (Phi) is 2.93. The largest absolute Gasteiger partial charge is 0.308 e. The average Bonchev–Trinajstić information content (AvgIpc) is 3.29. The molecule has 110 valence electrons. The van der Waals surface area contributed by atoms with Gasteiger partial charge in [0, 0.05) is 44.5 Å². The molecule has 2 heterocycles. The normalized spacial score (nSPS) is 35.4. The maximum Gasteiger partial charge on any atom is 0.0764 e. The van der Waals surface area contributed by atoms with Gasteiger partial charge in [0.2, 0.25) is 0 Å². The van der Waals surface area contributed by atoms with E-state index in [1.54, 1.807) is 0 Å². The summed E-state index contributed by atoms with van der Waals surface area (Å²) in [6, 6.07) is 2.89. The minimum atomic E-state index is 0.334. The Bertz CT molecular complexity index is 488. The zero-order valence-electron chi connectivity index (χ0n) is 12.7. The van der Waals surface area contributed by atoms with E-state index < -0.39 is 0 Å². The average molecular weight is 274 g/mol. The predicted molar refractivity (Wildman–Crippen MR) is 79.3 cm³/mol. The third-order valence-corrected chi connectivity index (χ3v) is 5.49. The van der Waals surface area contributed by atoms with Gasteiger partial charge < -0.3 is 5.32 Å². The van der Waals surface area contributed by atoms with Crippen molar-refractivity contribution in [1.29, 1.82) is 0 Å². The van der Waals surface area contributed by atoms with Crippen LogP contribution in [0, 0.1) is 11.8 Å². The number of rotatable bonds is 4. The minimum absolute atomic E-state index is 0.334. The molecule has 1 aromatic heterocycles. The molecule has 0 spiro atoms. The fourth-order valence-electron chi connectivity index (χ4n) is 3.93. The molecule has 0 bridgehead atoms. The second-order valence-corrected chi connectivity index (χ2v) is 7.36. The summed E-state index contributed by atoms with van der Waals surface area (Å²) in [7, 11) is 2.01. The molecule has 4 heteroatoms. The van der Waals surface area contributed by atoms with E-state index in [9.17, 15) is 0 Å². The van der Waals surface area contributed by atoms with Crippen LogP contribution in [0.25, 0.3) is 0 Å². The van der Waals surface area contributed by atoms with Crippen molar-refractivity contribution in [3.05, 3.63) is 18.0 Å². The molecule has 2 atom stereocenters. The minimum Gasteiger partial charge on any atom is -0.308 e. The maximum atomic E-state index is 4.58. The van der Waals surface area contributed by atoms with Crippen molar-refractivity contribution >= 4 is 0 Å². The molecule has 0 amide bonds. The van der Waals surface area contributed by atoms with Crippen molar-refractivity contribution in [3.8, 4) is 0 Å². The number of nitrogens with one attached hydrogen (secondary N) is 1. The molecule has 4 rings (SSSR count). The topological polar surface area (TPSA) is 33.1 Å². The van der Waals surface area contributed by atoms with Gasteiger partial charge in [-0.15, -0.1) is 0 Å². The summed E-state index contributed by atoms with van der Waals surface area (Å²) in [6.07, 6.45) is 7.73. The first-order valence-electron chi connectivity index (χ1n) is 8.12. The third-order valence-electron chi connectivity index (χ3n) is 5.49. The molecule has 3 fully saturated rings. The summed E-state index contributed by atoms with van der Waals surface area (Å²) in [5.74, 6) is 1.82. The maximum absolute atomic E-state index is 4.58. The van der Waals surface area contributed by atoms with E-state index in [1.807, 2.05) is 11.7 Å². The Labute approximate surface area is 121 Å². The van der Waals surface area contributed by atoms with Gasteiger partial charge in [0.05, 0.1) is 5.69 Å². The molecule has 1 saturated heterocycles. The standard InChI is InChI=1S/C16H26N4/c1-16(13-5-6-13)11-20(10-14-7-8-19(2)18-14)15(9-17-16)12-3-4-12/h7-8,12-13,15,17H,3-6,9-11H2,1-2H3. The van der Waals surface area contributed by atoms with Crippen molar-refractivity contribution in [3.63, 3.8) is 0 Å². The highest BCUT2D eigenvalue weighted by Crippen LogP contribution is 2.44. The number of aryl methyl sites for hydroxylation is 1. The van der Waals surface area contributed by atoms with Crippen LogP contribution in [0.3, 0.4) is 0 Å². The van der Waals surface area contributed by atoms with Crippen LogP contribution in [-0.2, 0) is 13.6 Å². The molecule has 4 nitrogen and oxygen atoms in total. The van der Waals surface area contributed by atoms with E-state index in [2.05, 4.69) is 34.5 Å². The van der Waals surface area contributed by atoms with Crippen LogP contribution in [0.4, 0.5) is 0 Å². The van der Waals surface area contributed by atoms with Crippen molar-refractivity contribution in [1.82, 2.24) is 20.0 Å². The summed E-state index contributed by atoms with van der Waals surface area (Å²) in [5.41, 5.74) is 1.55. The zero-order chi connectivity index (χ0) is 13.7. The van der Waals surface area contributed by atoms with Gasteiger partial charge in [0.25, 0.3) is 0 Å². The Morgan fingerprint density at radius 3 is 2.75 bits per heavy atom. The number of piperazine rings is 1. The van der Waals surface area contributed by atoms with Crippen molar-refractivity contribution in [2.24, 2.45) is 18.9 Å². The van der Waals surface area contributed by atoms with Crippen LogP contribution in [-0.4, -0.2) is 39.4 Å². The van der Waals surface area contributed by atoms with Gasteiger partial charge in [-0.05, 0) is 50.5 Å². The summed E-state index contributed by atoms with van der Waals surface area (Å²) in [4.78, 5) is 2.72. The Morgan fingerprint density at radius 1 is 1.35 bits per heavy atom.